The van der Waals surface area contributed by atoms with Crippen LogP contribution in [0.25, 0.3) is 5.57 Å². The van der Waals surface area contributed by atoms with Crippen LogP contribution in [-0.4, -0.2) is 12.6 Å². The lowest BCUT2D eigenvalue weighted by Crippen LogP contribution is -2.19. The summed E-state index contributed by atoms with van der Waals surface area (Å²) in [4.78, 5) is 11.6. The van der Waals surface area contributed by atoms with Crippen LogP contribution in [0.5, 0.6) is 0 Å². The van der Waals surface area contributed by atoms with E-state index in [0.717, 1.165) is 24.0 Å². The monoisotopic (exact) mass is 248 g/mol. The van der Waals surface area contributed by atoms with Crippen molar-refractivity contribution in [2.24, 2.45) is 5.92 Å². The highest BCUT2D eigenvalue weighted by Crippen LogP contribution is 2.31. The quantitative estimate of drug-likeness (QED) is 0.764. The number of hydrogen-bond donors (Lipinski definition) is 0. The summed E-state index contributed by atoms with van der Waals surface area (Å²) in [6, 6.07) is 6.59. The molecule has 1 unspecified atom stereocenters. The van der Waals surface area contributed by atoms with Crippen LogP contribution in [0.1, 0.15) is 31.7 Å². The first kappa shape index (κ1) is 12.8. The van der Waals surface area contributed by atoms with Gasteiger partial charge in [-0.15, -0.1) is 0 Å². The molecule has 0 aliphatic heterocycles. The predicted molar refractivity (Wildman–Crippen MR) is 68.4 cm³/mol. The van der Waals surface area contributed by atoms with E-state index >= 15 is 0 Å². The zero-order chi connectivity index (χ0) is 13.0. The molecule has 0 bridgehead atoms. The highest BCUT2D eigenvalue weighted by molar-refractivity contribution is 5.75. The molecule has 0 saturated heterocycles. The van der Waals surface area contributed by atoms with Gasteiger partial charge >= 0.3 is 5.97 Å². The molecule has 96 valence electrons. The van der Waals surface area contributed by atoms with E-state index in [2.05, 4.69) is 0 Å². The van der Waals surface area contributed by atoms with Gasteiger partial charge < -0.3 is 4.74 Å². The first-order valence-corrected chi connectivity index (χ1v) is 6.32. The second-order valence-corrected chi connectivity index (χ2v) is 4.46. The van der Waals surface area contributed by atoms with E-state index in [4.69, 9.17) is 4.74 Å². The lowest BCUT2D eigenvalue weighted by atomic mass is 9.86. The van der Waals surface area contributed by atoms with Crippen LogP contribution in [0, 0.1) is 11.7 Å². The van der Waals surface area contributed by atoms with Crippen LogP contribution < -0.4 is 0 Å². The Labute approximate surface area is 106 Å². The Morgan fingerprint density at radius 2 is 2.33 bits per heavy atom. The van der Waals surface area contributed by atoms with Gasteiger partial charge in [0.05, 0.1) is 12.5 Å². The molecule has 1 aromatic carbocycles. The van der Waals surface area contributed by atoms with Crippen molar-refractivity contribution < 1.29 is 13.9 Å². The Morgan fingerprint density at radius 1 is 1.50 bits per heavy atom. The second kappa shape index (κ2) is 5.80. The van der Waals surface area contributed by atoms with E-state index in [9.17, 15) is 9.18 Å². The molecular weight excluding hydrogens is 231 g/mol. The summed E-state index contributed by atoms with van der Waals surface area (Å²) in [5.41, 5.74) is 2.03. The lowest BCUT2D eigenvalue weighted by Gasteiger charge is -2.20. The molecule has 0 amide bonds. The van der Waals surface area contributed by atoms with E-state index in [1.165, 1.54) is 12.1 Å². The number of esters is 1. The number of hydrogen-bond acceptors (Lipinski definition) is 2. The van der Waals surface area contributed by atoms with Gasteiger partial charge in [0.15, 0.2) is 0 Å². The van der Waals surface area contributed by atoms with E-state index in [-0.39, 0.29) is 17.7 Å². The number of allylic oxidation sites excluding steroid dienone is 2. The molecule has 0 fully saturated rings. The molecular formula is C15H17FO2. The van der Waals surface area contributed by atoms with Gasteiger partial charge in [0.2, 0.25) is 0 Å². The largest absolute Gasteiger partial charge is 0.466 e. The molecule has 18 heavy (non-hydrogen) atoms. The van der Waals surface area contributed by atoms with Gasteiger partial charge in [0.1, 0.15) is 5.82 Å². The van der Waals surface area contributed by atoms with E-state index in [0.29, 0.717) is 13.0 Å². The van der Waals surface area contributed by atoms with Crippen LogP contribution in [0.3, 0.4) is 0 Å². The third kappa shape index (κ3) is 2.97. The Morgan fingerprint density at radius 3 is 2.94 bits per heavy atom. The van der Waals surface area contributed by atoms with E-state index in [1.807, 2.05) is 19.1 Å². The summed E-state index contributed by atoms with van der Waals surface area (Å²) in [5, 5.41) is 0. The number of benzene rings is 1. The fourth-order valence-corrected chi connectivity index (χ4v) is 2.26. The van der Waals surface area contributed by atoms with Crippen molar-refractivity contribution >= 4 is 11.5 Å². The normalized spacial score (nSPS) is 19.2. The van der Waals surface area contributed by atoms with E-state index < -0.39 is 0 Å². The topological polar surface area (TPSA) is 26.3 Å². The smallest absolute Gasteiger partial charge is 0.309 e. The number of ether oxygens (including phenoxy) is 1. The average Bonchev–Trinajstić information content (AvgIpc) is 2.39. The molecule has 0 N–H and O–H groups in total. The fraction of sp³-hybridized carbons (Fsp3) is 0.400. The van der Waals surface area contributed by atoms with Gasteiger partial charge in [-0.05, 0) is 49.5 Å². The maximum absolute atomic E-state index is 13.1. The molecule has 0 saturated carbocycles. The molecule has 0 spiro atoms. The minimum Gasteiger partial charge on any atom is -0.466 e. The van der Waals surface area contributed by atoms with Crippen LogP contribution in [0.4, 0.5) is 4.39 Å². The zero-order valence-corrected chi connectivity index (χ0v) is 10.5. The molecule has 1 aliphatic carbocycles. The Hall–Kier alpha value is -1.64. The predicted octanol–water partition coefficient (Wildman–Crippen LogP) is 3.57. The molecule has 0 aromatic heterocycles. The first-order valence-electron chi connectivity index (χ1n) is 6.32. The highest BCUT2D eigenvalue weighted by Gasteiger charge is 2.22. The number of carbonyl (C=O) groups excluding carboxylic acids is 1. The molecule has 0 heterocycles. The fourth-order valence-electron chi connectivity index (χ4n) is 2.26. The van der Waals surface area contributed by atoms with Crippen molar-refractivity contribution in [1.29, 1.82) is 0 Å². The van der Waals surface area contributed by atoms with Gasteiger partial charge in [0, 0.05) is 0 Å². The van der Waals surface area contributed by atoms with Crippen LogP contribution >= 0.6 is 0 Å². The summed E-state index contributed by atoms with van der Waals surface area (Å²) in [5.74, 6) is -0.379. The molecule has 1 aliphatic rings. The SMILES string of the molecule is CCOC(=O)C1CC=C(c2cccc(F)c2)CC1. The summed E-state index contributed by atoms with van der Waals surface area (Å²) >= 11 is 0. The lowest BCUT2D eigenvalue weighted by molar-refractivity contribution is -0.148. The van der Waals surface area contributed by atoms with Gasteiger partial charge in [-0.1, -0.05) is 18.2 Å². The van der Waals surface area contributed by atoms with Gasteiger partial charge in [-0.2, -0.15) is 0 Å². The Balaban J connectivity index is 2.05. The van der Waals surface area contributed by atoms with Crippen LogP contribution in [0.2, 0.25) is 0 Å². The zero-order valence-electron chi connectivity index (χ0n) is 10.5. The maximum Gasteiger partial charge on any atom is 0.309 e. The molecule has 1 atom stereocenters. The third-order valence-corrected chi connectivity index (χ3v) is 3.23. The molecule has 3 heteroatoms. The van der Waals surface area contributed by atoms with Crippen molar-refractivity contribution in [1.82, 2.24) is 0 Å². The number of carbonyl (C=O) groups is 1. The van der Waals surface area contributed by atoms with Crippen molar-refractivity contribution in [3.8, 4) is 0 Å². The molecule has 1 aromatic rings. The standard InChI is InChI=1S/C15H17FO2/c1-2-18-15(17)12-8-6-11(7-9-12)13-4-3-5-14(16)10-13/h3-6,10,12H,2,7-9H2,1H3. The van der Waals surface area contributed by atoms with Crippen molar-refractivity contribution in [2.75, 3.05) is 6.61 Å². The third-order valence-electron chi connectivity index (χ3n) is 3.23. The van der Waals surface area contributed by atoms with Gasteiger partial charge in [-0.3, -0.25) is 4.79 Å². The van der Waals surface area contributed by atoms with Gasteiger partial charge in [-0.25, -0.2) is 4.39 Å². The number of rotatable bonds is 3. The van der Waals surface area contributed by atoms with E-state index in [1.54, 1.807) is 6.07 Å². The Bertz CT molecular complexity index is 465. The highest BCUT2D eigenvalue weighted by atomic mass is 19.1. The van der Waals surface area contributed by atoms with Crippen molar-refractivity contribution in [2.45, 2.75) is 26.2 Å². The Kier molecular flexibility index (Phi) is 4.13. The number of halogens is 1. The van der Waals surface area contributed by atoms with Crippen molar-refractivity contribution in [3.05, 3.63) is 41.7 Å². The van der Waals surface area contributed by atoms with Crippen LogP contribution in [0.15, 0.2) is 30.3 Å². The molecule has 0 radical (unpaired) electrons. The summed E-state index contributed by atoms with van der Waals surface area (Å²) in [6.45, 7) is 2.24. The van der Waals surface area contributed by atoms with Gasteiger partial charge in [0.25, 0.3) is 0 Å². The summed E-state index contributed by atoms with van der Waals surface area (Å²) in [6.07, 6.45) is 4.29. The second-order valence-electron chi connectivity index (χ2n) is 4.46. The molecule has 2 rings (SSSR count). The summed E-state index contributed by atoms with van der Waals surface area (Å²) in [7, 11) is 0. The van der Waals surface area contributed by atoms with Crippen molar-refractivity contribution in [3.63, 3.8) is 0 Å². The summed E-state index contributed by atoms with van der Waals surface area (Å²) < 4.78 is 18.1. The average molecular weight is 248 g/mol. The molecule has 2 nitrogen and oxygen atoms in total. The minimum absolute atomic E-state index is 0.0396. The minimum atomic E-state index is -0.221. The first-order chi connectivity index (χ1) is 8.70. The van der Waals surface area contributed by atoms with Crippen LogP contribution in [-0.2, 0) is 9.53 Å². The maximum atomic E-state index is 13.1.